The Hall–Kier alpha value is -1.91. The number of anilines is 1. The maximum Gasteiger partial charge on any atom is 0.316 e. The van der Waals surface area contributed by atoms with E-state index in [0.29, 0.717) is 13.1 Å². The number of amides is 2. The van der Waals surface area contributed by atoms with Crippen molar-refractivity contribution < 1.29 is 14.0 Å². The molecule has 2 amide bonds. The van der Waals surface area contributed by atoms with Gasteiger partial charge in [-0.05, 0) is 12.1 Å². The first kappa shape index (κ1) is 9.64. The average Bonchev–Trinajstić information content (AvgIpc) is 2.23. The quantitative estimate of drug-likeness (QED) is 0.674. The first-order valence-corrected chi connectivity index (χ1v) is 4.54. The molecule has 1 aliphatic heterocycles. The van der Waals surface area contributed by atoms with Crippen LogP contribution in [0.15, 0.2) is 24.3 Å². The van der Waals surface area contributed by atoms with Gasteiger partial charge in [-0.3, -0.25) is 14.5 Å². The van der Waals surface area contributed by atoms with Crippen molar-refractivity contribution >= 4 is 17.5 Å². The molecule has 0 radical (unpaired) electrons. The Morgan fingerprint density at radius 3 is 2.73 bits per heavy atom. The lowest BCUT2D eigenvalue weighted by Gasteiger charge is -2.26. The Labute approximate surface area is 85.7 Å². The molecule has 1 saturated heterocycles. The smallest absolute Gasteiger partial charge is 0.316 e. The van der Waals surface area contributed by atoms with Crippen LogP contribution in [0.2, 0.25) is 0 Å². The number of nitrogens with zero attached hydrogens (tertiary/aromatic N) is 1. The fourth-order valence-electron chi connectivity index (χ4n) is 1.48. The monoisotopic (exact) mass is 208 g/mol. The van der Waals surface area contributed by atoms with Gasteiger partial charge in [0.05, 0.1) is 5.69 Å². The highest BCUT2D eigenvalue weighted by atomic mass is 19.1. The number of hydrogen-bond donors (Lipinski definition) is 1. The Balaban J connectivity index is 2.34. The fraction of sp³-hybridized carbons (Fsp3) is 0.200. The number of carbonyl (C=O) groups excluding carboxylic acids is 2. The average molecular weight is 208 g/mol. The summed E-state index contributed by atoms with van der Waals surface area (Å²) in [7, 11) is 0. The summed E-state index contributed by atoms with van der Waals surface area (Å²) in [5.41, 5.74) is 0.150. The maximum atomic E-state index is 13.3. The number of rotatable bonds is 1. The summed E-state index contributed by atoms with van der Waals surface area (Å²) in [6, 6.07) is 5.90. The van der Waals surface area contributed by atoms with Gasteiger partial charge in [-0.15, -0.1) is 0 Å². The van der Waals surface area contributed by atoms with Crippen LogP contribution < -0.4 is 10.2 Å². The van der Waals surface area contributed by atoms with E-state index >= 15 is 0 Å². The number of hydrogen-bond acceptors (Lipinski definition) is 2. The second kappa shape index (κ2) is 3.68. The summed E-state index contributed by atoms with van der Waals surface area (Å²) in [5, 5.41) is 2.40. The van der Waals surface area contributed by atoms with E-state index in [0.717, 1.165) is 4.90 Å². The summed E-state index contributed by atoms with van der Waals surface area (Å²) >= 11 is 0. The molecule has 1 fully saturated rings. The zero-order valence-electron chi connectivity index (χ0n) is 7.87. The second-order valence-electron chi connectivity index (χ2n) is 3.16. The number of benzene rings is 1. The summed E-state index contributed by atoms with van der Waals surface area (Å²) in [4.78, 5) is 23.6. The van der Waals surface area contributed by atoms with Gasteiger partial charge >= 0.3 is 11.8 Å². The van der Waals surface area contributed by atoms with Gasteiger partial charge in [-0.25, -0.2) is 4.39 Å². The van der Waals surface area contributed by atoms with Crippen molar-refractivity contribution in [3.63, 3.8) is 0 Å². The SMILES string of the molecule is O=C1NCCN(c2ccccc2F)C1=O. The molecule has 1 aromatic carbocycles. The highest BCUT2D eigenvalue weighted by molar-refractivity contribution is 6.41. The Bertz CT molecular complexity index is 420. The number of carbonyl (C=O) groups is 2. The van der Waals surface area contributed by atoms with Gasteiger partial charge in [0.15, 0.2) is 0 Å². The van der Waals surface area contributed by atoms with E-state index in [9.17, 15) is 14.0 Å². The molecule has 0 atom stereocenters. The lowest BCUT2D eigenvalue weighted by atomic mass is 10.2. The third kappa shape index (κ3) is 1.68. The van der Waals surface area contributed by atoms with Crippen LogP contribution in [0.3, 0.4) is 0 Å². The van der Waals surface area contributed by atoms with Crippen molar-refractivity contribution in [3.05, 3.63) is 30.1 Å². The van der Waals surface area contributed by atoms with E-state index in [1.165, 1.54) is 18.2 Å². The number of para-hydroxylation sites is 1. The molecule has 1 aliphatic rings. The summed E-state index contributed by atoms with van der Waals surface area (Å²) in [6.07, 6.45) is 0. The molecule has 4 nitrogen and oxygen atoms in total. The largest absolute Gasteiger partial charge is 0.346 e. The molecule has 0 unspecified atom stereocenters. The number of nitrogens with one attached hydrogen (secondary N) is 1. The fourth-order valence-corrected chi connectivity index (χ4v) is 1.48. The molecular weight excluding hydrogens is 199 g/mol. The van der Waals surface area contributed by atoms with Gasteiger partial charge in [0, 0.05) is 13.1 Å². The highest BCUT2D eigenvalue weighted by Gasteiger charge is 2.28. The summed E-state index contributed by atoms with van der Waals surface area (Å²) in [6.45, 7) is 0.643. The predicted molar refractivity (Wildman–Crippen MR) is 51.8 cm³/mol. The second-order valence-corrected chi connectivity index (χ2v) is 3.16. The van der Waals surface area contributed by atoms with Crippen molar-refractivity contribution in [1.82, 2.24) is 5.32 Å². The van der Waals surface area contributed by atoms with Crippen LogP contribution in [0, 0.1) is 5.82 Å². The lowest BCUT2D eigenvalue weighted by Crippen LogP contribution is -2.52. The standard InChI is InChI=1S/C10H9FN2O2/c11-7-3-1-2-4-8(7)13-6-5-12-9(14)10(13)15/h1-4H,5-6H2,(H,12,14). The molecule has 0 aromatic heterocycles. The van der Waals surface area contributed by atoms with Crippen molar-refractivity contribution in [2.75, 3.05) is 18.0 Å². The van der Waals surface area contributed by atoms with Crippen LogP contribution in [0.1, 0.15) is 0 Å². The zero-order chi connectivity index (χ0) is 10.8. The molecular formula is C10H9FN2O2. The van der Waals surface area contributed by atoms with Gasteiger partial charge in [-0.1, -0.05) is 12.1 Å². The Morgan fingerprint density at radius 1 is 1.27 bits per heavy atom. The molecule has 2 rings (SSSR count). The molecule has 1 aromatic rings. The summed E-state index contributed by atoms with van der Waals surface area (Å²) < 4.78 is 13.3. The molecule has 78 valence electrons. The molecule has 5 heteroatoms. The third-order valence-corrected chi connectivity index (χ3v) is 2.20. The third-order valence-electron chi connectivity index (χ3n) is 2.20. The molecule has 1 heterocycles. The van der Waals surface area contributed by atoms with Crippen LogP contribution >= 0.6 is 0 Å². The van der Waals surface area contributed by atoms with Gasteiger partial charge in [0.1, 0.15) is 5.82 Å². The van der Waals surface area contributed by atoms with Crippen LogP contribution in [-0.4, -0.2) is 24.9 Å². The molecule has 0 aliphatic carbocycles. The van der Waals surface area contributed by atoms with Gasteiger partial charge in [0.2, 0.25) is 0 Å². The van der Waals surface area contributed by atoms with Crippen LogP contribution in [0.5, 0.6) is 0 Å². The number of piperazine rings is 1. The van der Waals surface area contributed by atoms with Gasteiger partial charge < -0.3 is 5.32 Å². The van der Waals surface area contributed by atoms with Crippen molar-refractivity contribution in [2.45, 2.75) is 0 Å². The van der Waals surface area contributed by atoms with Crippen molar-refractivity contribution in [1.29, 1.82) is 0 Å². The van der Waals surface area contributed by atoms with Crippen LogP contribution in [0.25, 0.3) is 0 Å². The maximum absolute atomic E-state index is 13.3. The van der Waals surface area contributed by atoms with Crippen molar-refractivity contribution in [2.24, 2.45) is 0 Å². The topological polar surface area (TPSA) is 49.4 Å². The lowest BCUT2D eigenvalue weighted by molar-refractivity contribution is -0.138. The molecule has 0 spiro atoms. The Morgan fingerprint density at radius 2 is 2.00 bits per heavy atom. The molecule has 0 saturated carbocycles. The molecule has 15 heavy (non-hydrogen) atoms. The minimum absolute atomic E-state index is 0.150. The van der Waals surface area contributed by atoms with Gasteiger partial charge in [-0.2, -0.15) is 0 Å². The van der Waals surface area contributed by atoms with Gasteiger partial charge in [0.25, 0.3) is 0 Å². The van der Waals surface area contributed by atoms with E-state index in [-0.39, 0.29) is 5.69 Å². The Kier molecular flexibility index (Phi) is 2.37. The normalized spacial score (nSPS) is 16.5. The van der Waals surface area contributed by atoms with E-state index < -0.39 is 17.6 Å². The van der Waals surface area contributed by atoms with E-state index in [2.05, 4.69) is 5.32 Å². The molecule has 1 N–H and O–H groups in total. The first-order chi connectivity index (χ1) is 7.20. The first-order valence-electron chi connectivity index (χ1n) is 4.54. The van der Waals surface area contributed by atoms with E-state index in [1.54, 1.807) is 6.07 Å². The molecule has 0 bridgehead atoms. The van der Waals surface area contributed by atoms with Crippen molar-refractivity contribution in [3.8, 4) is 0 Å². The van der Waals surface area contributed by atoms with Crippen LogP contribution in [0.4, 0.5) is 10.1 Å². The number of halogens is 1. The van der Waals surface area contributed by atoms with Crippen LogP contribution in [-0.2, 0) is 9.59 Å². The van der Waals surface area contributed by atoms with E-state index in [1.807, 2.05) is 0 Å². The minimum Gasteiger partial charge on any atom is -0.346 e. The minimum atomic E-state index is -0.716. The predicted octanol–water partition coefficient (Wildman–Crippen LogP) is 0.288. The van der Waals surface area contributed by atoms with E-state index in [4.69, 9.17) is 0 Å². The highest BCUT2D eigenvalue weighted by Crippen LogP contribution is 2.19. The summed E-state index contributed by atoms with van der Waals surface area (Å²) in [5.74, 6) is -1.91. The zero-order valence-corrected chi connectivity index (χ0v) is 7.87.